The Kier molecular flexibility index (Phi) is 3.83. The molecule has 0 radical (unpaired) electrons. The van der Waals surface area contributed by atoms with Crippen molar-refractivity contribution in [2.45, 2.75) is 31.8 Å². The summed E-state index contributed by atoms with van der Waals surface area (Å²) in [5.41, 5.74) is 5.31. The summed E-state index contributed by atoms with van der Waals surface area (Å²) in [6.45, 7) is 1.36. The molecule has 2 N–H and O–H groups in total. The molecule has 8 heteroatoms. The summed E-state index contributed by atoms with van der Waals surface area (Å²) in [6, 6.07) is 3.74. The summed E-state index contributed by atoms with van der Waals surface area (Å²) in [6.07, 6.45) is 2.51. The van der Waals surface area contributed by atoms with E-state index in [-0.39, 0.29) is 17.2 Å². The minimum atomic E-state index is -0.741. The van der Waals surface area contributed by atoms with E-state index in [9.17, 15) is 19.3 Å². The zero-order valence-corrected chi connectivity index (χ0v) is 12.5. The minimum Gasteiger partial charge on any atom is -0.446 e. The van der Waals surface area contributed by atoms with Crippen molar-refractivity contribution in [3.8, 4) is 0 Å². The zero-order chi connectivity index (χ0) is 16.6. The topological polar surface area (TPSA) is 98.7 Å². The molecule has 1 aliphatic heterocycles. The molecule has 0 bridgehead atoms. The molecule has 23 heavy (non-hydrogen) atoms. The Bertz CT molecular complexity index is 636. The molecule has 1 saturated carbocycles. The number of benzene rings is 1. The van der Waals surface area contributed by atoms with E-state index >= 15 is 0 Å². The van der Waals surface area contributed by atoms with Gasteiger partial charge in [-0.15, -0.1) is 0 Å². The van der Waals surface area contributed by atoms with Gasteiger partial charge in [-0.25, -0.2) is 9.18 Å². The molecule has 1 saturated heterocycles. The third kappa shape index (κ3) is 3.06. The Morgan fingerprint density at radius 1 is 1.39 bits per heavy atom. The number of carbonyl (C=O) groups excluding carboxylic acids is 1. The second-order valence-electron chi connectivity index (χ2n) is 6.35. The van der Waals surface area contributed by atoms with Crippen molar-refractivity contribution in [1.82, 2.24) is 0 Å². The van der Waals surface area contributed by atoms with Crippen LogP contribution in [0.5, 0.6) is 0 Å². The fourth-order valence-electron chi connectivity index (χ4n) is 3.65. The summed E-state index contributed by atoms with van der Waals surface area (Å²) in [5, 5.41) is 10.7. The highest BCUT2D eigenvalue weighted by Gasteiger charge is 2.47. The first-order valence-corrected chi connectivity index (χ1v) is 7.54. The number of amides is 1. The largest absolute Gasteiger partial charge is 0.446 e. The van der Waals surface area contributed by atoms with Crippen LogP contribution in [0.15, 0.2) is 18.2 Å². The number of carbonyl (C=O) groups is 1. The van der Waals surface area contributed by atoms with Crippen LogP contribution in [0.1, 0.15) is 25.7 Å². The van der Waals surface area contributed by atoms with Crippen LogP contribution in [-0.4, -0.2) is 30.2 Å². The fourth-order valence-corrected chi connectivity index (χ4v) is 3.65. The van der Waals surface area contributed by atoms with Gasteiger partial charge in [-0.05, 0) is 37.2 Å². The van der Waals surface area contributed by atoms with Crippen LogP contribution >= 0.6 is 0 Å². The van der Waals surface area contributed by atoms with Gasteiger partial charge in [0.25, 0.3) is 5.69 Å². The van der Waals surface area contributed by atoms with Crippen molar-refractivity contribution in [2.75, 3.05) is 18.0 Å². The summed E-state index contributed by atoms with van der Waals surface area (Å²) in [7, 11) is 0. The van der Waals surface area contributed by atoms with E-state index in [0.717, 1.165) is 31.7 Å². The maximum atomic E-state index is 14.1. The molecule has 1 aromatic rings. The molecule has 1 amide bonds. The number of hydrogen-bond donors (Lipinski definition) is 1. The van der Waals surface area contributed by atoms with E-state index in [0.29, 0.717) is 18.8 Å². The monoisotopic (exact) mass is 323 g/mol. The Labute approximate surface area is 132 Å². The van der Waals surface area contributed by atoms with Crippen LogP contribution in [0.3, 0.4) is 0 Å². The molecule has 1 spiro atoms. The number of anilines is 1. The van der Waals surface area contributed by atoms with Gasteiger partial charge in [0.15, 0.2) is 5.82 Å². The Morgan fingerprint density at radius 2 is 2.04 bits per heavy atom. The third-order valence-corrected chi connectivity index (χ3v) is 4.91. The molecule has 0 atom stereocenters. The third-order valence-electron chi connectivity index (χ3n) is 4.91. The van der Waals surface area contributed by atoms with Crippen molar-refractivity contribution < 1.29 is 18.8 Å². The number of halogens is 1. The maximum Gasteiger partial charge on any atom is 0.404 e. The summed E-state index contributed by atoms with van der Waals surface area (Å²) < 4.78 is 19.1. The molecular formula is C15H18FN3O4. The lowest BCUT2D eigenvalue weighted by Crippen LogP contribution is -2.50. The van der Waals surface area contributed by atoms with Gasteiger partial charge in [0, 0.05) is 19.2 Å². The predicted molar refractivity (Wildman–Crippen MR) is 80.6 cm³/mol. The number of nitrogens with zero attached hydrogens (tertiary/aromatic N) is 2. The van der Waals surface area contributed by atoms with Gasteiger partial charge in [0.1, 0.15) is 6.10 Å². The van der Waals surface area contributed by atoms with E-state index in [1.54, 1.807) is 0 Å². The normalized spacial score (nSPS) is 20.1. The number of nitro groups is 1. The molecule has 1 aliphatic carbocycles. The van der Waals surface area contributed by atoms with Gasteiger partial charge in [-0.3, -0.25) is 10.1 Å². The lowest BCUT2D eigenvalue weighted by atomic mass is 9.61. The highest BCUT2D eigenvalue weighted by atomic mass is 19.1. The first kappa shape index (κ1) is 15.5. The molecule has 3 rings (SSSR count). The predicted octanol–water partition coefficient (Wildman–Crippen LogP) is 2.58. The van der Waals surface area contributed by atoms with Gasteiger partial charge in [0.05, 0.1) is 16.7 Å². The molecular weight excluding hydrogens is 305 g/mol. The molecule has 7 nitrogen and oxygen atoms in total. The summed E-state index contributed by atoms with van der Waals surface area (Å²) in [4.78, 5) is 22.7. The van der Waals surface area contributed by atoms with Gasteiger partial charge < -0.3 is 15.4 Å². The first-order valence-electron chi connectivity index (χ1n) is 7.54. The summed E-state index contributed by atoms with van der Waals surface area (Å²) in [5.74, 6) is -0.571. The number of ether oxygens (including phenoxy) is 1. The van der Waals surface area contributed by atoms with Gasteiger partial charge in [-0.2, -0.15) is 0 Å². The summed E-state index contributed by atoms with van der Waals surface area (Å²) >= 11 is 0. The molecule has 0 unspecified atom stereocenters. The number of non-ortho nitro benzene ring substituents is 1. The lowest BCUT2D eigenvalue weighted by Gasteiger charge is -2.51. The van der Waals surface area contributed by atoms with Crippen LogP contribution in [0, 0.1) is 21.3 Å². The van der Waals surface area contributed by atoms with Crippen molar-refractivity contribution in [3.63, 3.8) is 0 Å². The van der Waals surface area contributed by atoms with Crippen molar-refractivity contribution in [1.29, 1.82) is 0 Å². The standard InChI is InChI=1S/C15H18FN3O4/c16-12-7-10(19(21)22)1-2-13(12)18-5-3-15(4-6-18)8-11(9-15)23-14(17)20/h1-2,7,11H,3-6,8-9H2,(H2,17,20). The molecule has 1 aromatic carbocycles. The van der Waals surface area contributed by atoms with Gasteiger partial charge in [0.2, 0.25) is 0 Å². The smallest absolute Gasteiger partial charge is 0.404 e. The van der Waals surface area contributed by atoms with E-state index in [1.807, 2.05) is 4.90 Å². The molecule has 2 fully saturated rings. The van der Waals surface area contributed by atoms with E-state index < -0.39 is 16.8 Å². The molecule has 124 valence electrons. The molecule has 1 heterocycles. The fraction of sp³-hybridized carbons (Fsp3) is 0.533. The number of piperidine rings is 1. The van der Waals surface area contributed by atoms with Crippen molar-refractivity contribution in [3.05, 3.63) is 34.1 Å². The van der Waals surface area contributed by atoms with Crippen LogP contribution in [-0.2, 0) is 4.74 Å². The Hall–Kier alpha value is -2.38. The van der Waals surface area contributed by atoms with Crippen molar-refractivity contribution in [2.24, 2.45) is 11.1 Å². The zero-order valence-electron chi connectivity index (χ0n) is 12.5. The number of rotatable bonds is 3. The number of hydrogen-bond acceptors (Lipinski definition) is 5. The number of primary amides is 1. The second-order valence-corrected chi connectivity index (χ2v) is 6.35. The van der Waals surface area contributed by atoms with Crippen LogP contribution < -0.4 is 10.6 Å². The first-order chi connectivity index (χ1) is 10.9. The highest BCUT2D eigenvalue weighted by Crippen LogP contribution is 2.50. The second kappa shape index (κ2) is 5.68. The van der Waals surface area contributed by atoms with E-state index in [2.05, 4.69) is 0 Å². The Balaban J connectivity index is 1.60. The van der Waals surface area contributed by atoms with Crippen LogP contribution in [0.4, 0.5) is 20.6 Å². The number of nitrogens with two attached hydrogens (primary N) is 1. The van der Waals surface area contributed by atoms with Gasteiger partial charge >= 0.3 is 6.09 Å². The van der Waals surface area contributed by atoms with E-state index in [4.69, 9.17) is 10.5 Å². The maximum absolute atomic E-state index is 14.1. The SMILES string of the molecule is NC(=O)OC1CC2(CCN(c3ccc([N+](=O)[O-])cc3F)CC2)C1. The van der Waals surface area contributed by atoms with E-state index in [1.165, 1.54) is 12.1 Å². The van der Waals surface area contributed by atoms with Crippen molar-refractivity contribution >= 4 is 17.5 Å². The average Bonchev–Trinajstić information content (AvgIpc) is 2.46. The minimum absolute atomic E-state index is 0.102. The van der Waals surface area contributed by atoms with Crippen LogP contribution in [0.2, 0.25) is 0 Å². The Morgan fingerprint density at radius 3 is 2.57 bits per heavy atom. The highest BCUT2D eigenvalue weighted by molar-refractivity contribution is 5.65. The van der Waals surface area contributed by atoms with Gasteiger partial charge in [-0.1, -0.05) is 0 Å². The lowest BCUT2D eigenvalue weighted by molar-refractivity contribution is -0.385. The molecule has 0 aromatic heterocycles. The molecule has 2 aliphatic rings. The average molecular weight is 323 g/mol. The van der Waals surface area contributed by atoms with Crippen LogP contribution in [0.25, 0.3) is 0 Å². The number of nitro benzene ring substituents is 1. The quantitative estimate of drug-likeness (QED) is 0.681.